The molecule has 1 amide bonds. The Kier molecular flexibility index (Phi) is 8.59. The van der Waals surface area contributed by atoms with Gasteiger partial charge in [-0.15, -0.1) is 0 Å². The summed E-state index contributed by atoms with van der Waals surface area (Å²) in [5, 5.41) is 9.44. The second-order valence-electron chi connectivity index (χ2n) is 7.95. The number of rotatable bonds is 9. The molecule has 0 N–H and O–H groups in total. The number of hydrogen-bond donors (Lipinski definition) is 0. The van der Waals surface area contributed by atoms with Gasteiger partial charge in [0.2, 0.25) is 0 Å². The Labute approximate surface area is 200 Å². The number of benzene rings is 3. The van der Waals surface area contributed by atoms with Gasteiger partial charge in [0, 0.05) is 32.9 Å². The molecule has 6 nitrogen and oxygen atoms in total. The van der Waals surface area contributed by atoms with E-state index < -0.39 is 12.6 Å². The van der Waals surface area contributed by atoms with Crippen LogP contribution in [0.1, 0.15) is 16.7 Å². The molecule has 0 saturated heterocycles. The second kappa shape index (κ2) is 12.0. The molecule has 0 fully saturated rings. The van der Waals surface area contributed by atoms with Crippen LogP contribution in [-0.4, -0.2) is 37.5 Å². The number of carbonyl (C=O) groups excluding carboxylic acids is 2. The summed E-state index contributed by atoms with van der Waals surface area (Å²) in [4.78, 5) is 29.1. The Morgan fingerprint density at radius 2 is 1.38 bits per heavy atom. The molecule has 0 atom stereocenters. The van der Waals surface area contributed by atoms with Crippen LogP contribution in [0, 0.1) is 11.3 Å². The average molecular weight is 454 g/mol. The first-order valence-corrected chi connectivity index (χ1v) is 10.9. The standard InChI is InChI=1S/C28H27N3O3/c1-30(2)26-15-13-22(14-16-26)17-25(18-29)28(33)34-21-27(32)31(19-23-9-5-3-6-10-23)20-24-11-7-4-8-12-24/h3-17H,19-21H2,1-2H3/b25-17+. The van der Waals surface area contributed by atoms with Crippen molar-refractivity contribution in [3.8, 4) is 6.07 Å². The van der Waals surface area contributed by atoms with E-state index in [0.29, 0.717) is 18.7 Å². The molecule has 0 saturated carbocycles. The topological polar surface area (TPSA) is 73.6 Å². The van der Waals surface area contributed by atoms with Crippen molar-refractivity contribution in [3.63, 3.8) is 0 Å². The van der Waals surface area contributed by atoms with Gasteiger partial charge in [-0.05, 0) is 34.9 Å². The number of hydrogen-bond acceptors (Lipinski definition) is 5. The fraction of sp³-hybridized carbons (Fsp3) is 0.179. The van der Waals surface area contributed by atoms with Crippen LogP contribution in [0.15, 0.2) is 90.5 Å². The van der Waals surface area contributed by atoms with Gasteiger partial charge in [-0.25, -0.2) is 4.79 Å². The summed E-state index contributed by atoms with van der Waals surface area (Å²) in [6.45, 7) is 0.313. The van der Waals surface area contributed by atoms with Gasteiger partial charge in [0.05, 0.1) is 0 Å². The number of nitriles is 1. The monoisotopic (exact) mass is 453 g/mol. The van der Waals surface area contributed by atoms with Gasteiger partial charge in [-0.2, -0.15) is 5.26 Å². The quantitative estimate of drug-likeness (QED) is 0.272. The van der Waals surface area contributed by atoms with Gasteiger partial charge in [0.15, 0.2) is 6.61 Å². The van der Waals surface area contributed by atoms with E-state index in [-0.39, 0.29) is 11.5 Å². The Morgan fingerprint density at radius 3 is 1.85 bits per heavy atom. The lowest BCUT2D eigenvalue weighted by Gasteiger charge is -2.23. The zero-order valence-corrected chi connectivity index (χ0v) is 19.3. The number of esters is 1. The fourth-order valence-electron chi connectivity index (χ4n) is 3.31. The number of carbonyl (C=O) groups is 2. The predicted molar refractivity (Wildman–Crippen MR) is 132 cm³/mol. The maximum atomic E-state index is 13.0. The number of nitrogens with zero attached hydrogens (tertiary/aromatic N) is 3. The van der Waals surface area contributed by atoms with E-state index in [9.17, 15) is 14.9 Å². The second-order valence-corrected chi connectivity index (χ2v) is 7.95. The third-order valence-electron chi connectivity index (χ3n) is 5.17. The molecule has 0 heterocycles. The molecule has 3 aromatic rings. The molecule has 34 heavy (non-hydrogen) atoms. The molecule has 0 aliphatic rings. The van der Waals surface area contributed by atoms with Crippen LogP contribution >= 0.6 is 0 Å². The lowest BCUT2D eigenvalue weighted by Crippen LogP contribution is -2.34. The molecular weight excluding hydrogens is 426 g/mol. The minimum Gasteiger partial charge on any atom is -0.451 e. The highest BCUT2D eigenvalue weighted by Crippen LogP contribution is 2.15. The predicted octanol–water partition coefficient (Wildman–Crippen LogP) is 4.43. The molecule has 0 radical (unpaired) electrons. The summed E-state index contributed by atoms with van der Waals surface area (Å²) in [5.41, 5.74) is 3.47. The first-order chi connectivity index (χ1) is 16.5. The molecule has 0 aromatic heterocycles. The minimum absolute atomic E-state index is 0.164. The van der Waals surface area contributed by atoms with Crippen LogP contribution in [0.3, 0.4) is 0 Å². The highest BCUT2D eigenvalue weighted by molar-refractivity contribution is 5.98. The molecule has 0 aliphatic heterocycles. The molecule has 0 unspecified atom stereocenters. The zero-order chi connectivity index (χ0) is 24.3. The lowest BCUT2D eigenvalue weighted by atomic mass is 10.1. The van der Waals surface area contributed by atoms with Crippen molar-refractivity contribution < 1.29 is 14.3 Å². The summed E-state index contributed by atoms with van der Waals surface area (Å²) >= 11 is 0. The van der Waals surface area contributed by atoms with E-state index in [1.165, 1.54) is 6.08 Å². The van der Waals surface area contributed by atoms with E-state index >= 15 is 0 Å². The highest BCUT2D eigenvalue weighted by atomic mass is 16.5. The molecule has 172 valence electrons. The van der Waals surface area contributed by atoms with Gasteiger partial charge >= 0.3 is 5.97 Å². The first-order valence-electron chi connectivity index (χ1n) is 10.9. The van der Waals surface area contributed by atoms with Gasteiger partial charge in [-0.3, -0.25) is 4.79 Å². The Morgan fingerprint density at radius 1 is 0.853 bits per heavy atom. The summed E-state index contributed by atoms with van der Waals surface area (Å²) in [7, 11) is 3.86. The third kappa shape index (κ3) is 7.07. The van der Waals surface area contributed by atoms with Crippen molar-refractivity contribution in [3.05, 3.63) is 107 Å². The highest BCUT2D eigenvalue weighted by Gasteiger charge is 2.19. The van der Waals surface area contributed by atoms with Crippen LogP contribution in [0.25, 0.3) is 6.08 Å². The van der Waals surface area contributed by atoms with Gasteiger partial charge < -0.3 is 14.5 Å². The van der Waals surface area contributed by atoms with E-state index in [4.69, 9.17) is 4.74 Å². The normalized spacial score (nSPS) is 10.8. The van der Waals surface area contributed by atoms with E-state index in [1.807, 2.05) is 110 Å². The van der Waals surface area contributed by atoms with Gasteiger partial charge in [0.1, 0.15) is 11.6 Å². The number of ether oxygens (including phenoxy) is 1. The Bertz CT molecular complexity index is 1120. The number of anilines is 1. The van der Waals surface area contributed by atoms with E-state index in [0.717, 1.165) is 16.8 Å². The van der Waals surface area contributed by atoms with Crippen molar-refractivity contribution in [2.45, 2.75) is 13.1 Å². The molecule has 0 aliphatic carbocycles. The van der Waals surface area contributed by atoms with E-state index in [1.54, 1.807) is 4.90 Å². The van der Waals surface area contributed by atoms with Crippen molar-refractivity contribution in [2.24, 2.45) is 0 Å². The SMILES string of the molecule is CN(C)c1ccc(/C=C(\C#N)C(=O)OCC(=O)N(Cc2ccccc2)Cc2ccccc2)cc1. The average Bonchev–Trinajstić information content (AvgIpc) is 2.86. The van der Waals surface area contributed by atoms with Crippen LogP contribution in [0.2, 0.25) is 0 Å². The smallest absolute Gasteiger partial charge is 0.349 e. The fourth-order valence-corrected chi connectivity index (χ4v) is 3.31. The zero-order valence-electron chi connectivity index (χ0n) is 19.3. The Hall–Kier alpha value is -4.37. The van der Waals surface area contributed by atoms with E-state index in [2.05, 4.69) is 0 Å². The molecular formula is C28H27N3O3. The molecule has 6 heteroatoms. The van der Waals surface area contributed by atoms with Crippen LogP contribution in [0.5, 0.6) is 0 Å². The van der Waals surface area contributed by atoms with Crippen molar-refractivity contribution >= 4 is 23.6 Å². The van der Waals surface area contributed by atoms with Gasteiger partial charge in [-0.1, -0.05) is 72.8 Å². The lowest BCUT2D eigenvalue weighted by molar-refractivity contribution is -0.149. The largest absolute Gasteiger partial charge is 0.451 e. The van der Waals surface area contributed by atoms with Crippen molar-refractivity contribution in [2.75, 3.05) is 25.6 Å². The van der Waals surface area contributed by atoms with Gasteiger partial charge in [0.25, 0.3) is 5.91 Å². The minimum atomic E-state index is -0.827. The Balaban J connectivity index is 1.67. The van der Waals surface area contributed by atoms with Crippen LogP contribution < -0.4 is 4.90 Å². The first kappa shape index (κ1) is 24.3. The van der Waals surface area contributed by atoms with Crippen LogP contribution in [0.4, 0.5) is 5.69 Å². The molecule has 3 rings (SSSR count). The summed E-state index contributed by atoms with van der Waals surface area (Å²) in [6, 6.07) is 28.5. The maximum absolute atomic E-state index is 13.0. The summed E-state index contributed by atoms with van der Waals surface area (Å²) in [6.07, 6.45) is 1.46. The molecule has 0 spiro atoms. The maximum Gasteiger partial charge on any atom is 0.349 e. The van der Waals surface area contributed by atoms with Crippen molar-refractivity contribution in [1.29, 1.82) is 5.26 Å². The third-order valence-corrected chi connectivity index (χ3v) is 5.17. The van der Waals surface area contributed by atoms with Crippen LogP contribution in [-0.2, 0) is 27.4 Å². The summed E-state index contributed by atoms with van der Waals surface area (Å²) < 4.78 is 5.22. The summed E-state index contributed by atoms with van der Waals surface area (Å²) in [5.74, 6) is -1.17. The molecule has 3 aromatic carbocycles. The van der Waals surface area contributed by atoms with Crippen molar-refractivity contribution in [1.82, 2.24) is 4.90 Å². The number of amides is 1. The molecule has 0 bridgehead atoms.